The van der Waals surface area contributed by atoms with Crippen LogP contribution in [0.2, 0.25) is 0 Å². The van der Waals surface area contributed by atoms with Crippen LogP contribution in [-0.4, -0.2) is 76.6 Å². The van der Waals surface area contributed by atoms with Crippen LogP contribution < -0.4 is 0 Å². The van der Waals surface area contributed by atoms with Gasteiger partial charge >= 0.3 is 5.97 Å². The van der Waals surface area contributed by atoms with E-state index >= 15 is 0 Å². The van der Waals surface area contributed by atoms with Gasteiger partial charge in [-0.15, -0.1) is 0 Å². The van der Waals surface area contributed by atoms with E-state index in [4.69, 9.17) is 9.84 Å². The van der Waals surface area contributed by atoms with Gasteiger partial charge in [0, 0.05) is 31.9 Å². The highest BCUT2D eigenvalue weighted by Crippen LogP contribution is 2.15. The summed E-state index contributed by atoms with van der Waals surface area (Å²) in [6.45, 7) is 2.06. The predicted octanol–water partition coefficient (Wildman–Crippen LogP) is 1.01. The normalized spacial score (nSPS) is 16.9. The fourth-order valence-electron chi connectivity index (χ4n) is 3.07. The zero-order chi connectivity index (χ0) is 19.4. The number of carbonyl (C=O) groups excluding carboxylic acids is 2. The number of nitrogens with zero attached hydrogens (tertiary/aromatic N) is 3. The molecule has 2 amide bonds. The van der Waals surface area contributed by atoms with E-state index in [1.807, 2.05) is 30.3 Å². The predicted molar refractivity (Wildman–Crippen MR) is 97.3 cm³/mol. The number of ether oxygens (including phenoxy) is 1. The third-order valence-corrected chi connectivity index (χ3v) is 4.44. The van der Waals surface area contributed by atoms with Crippen LogP contribution in [0, 0.1) is 0 Å². The van der Waals surface area contributed by atoms with Gasteiger partial charge < -0.3 is 19.6 Å². The molecule has 0 bridgehead atoms. The lowest BCUT2D eigenvalue weighted by molar-refractivity contribution is -0.145. The number of hydrogen-bond donors (Lipinski definition) is 1. The first-order valence-electron chi connectivity index (χ1n) is 8.68. The molecular formula is C19H21N3O5. The molecule has 0 radical (unpaired) electrons. The van der Waals surface area contributed by atoms with Crippen molar-refractivity contribution in [2.24, 2.45) is 0 Å². The van der Waals surface area contributed by atoms with Gasteiger partial charge in [-0.3, -0.25) is 14.4 Å². The Morgan fingerprint density at radius 2 is 2.04 bits per heavy atom. The summed E-state index contributed by atoms with van der Waals surface area (Å²) in [5.41, 5.74) is 1.10. The molecule has 3 rings (SSSR count). The molecule has 1 aromatic heterocycles. The third kappa shape index (κ3) is 4.59. The molecule has 1 fully saturated rings. The van der Waals surface area contributed by atoms with Gasteiger partial charge in [0.2, 0.25) is 5.91 Å². The summed E-state index contributed by atoms with van der Waals surface area (Å²) in [4.78, 5) is 42.6. The lowest BCUT2D eigenvalue weighted by Crippen LogP contribution is -2.51. The number of aliphatic carboxylic acids is 1. The maximum Gasteiger partial charge on any atom is 0.323 e. The molecule has 1 aromatic carbocycles. The highest BCUT2D eigenvalue weighted by Gasteiger charge is 2.28. The number of carboxylic acid groups (broad SMARTS) is 1. The first kappa shape index (κ1) is 18.8. The van der Waals surface area contributed by atoms with Crippen LogP contribution in [0.1, 0.15) is 17.4 Å². The number of fused-ring (bicyclic) bond motifs is 1. The summed E-state index contributed by atoms with van der Waals surface area (Å²) in [6.07, 6.45) is -0.439. The van der Waals surface area contributed by atoms with Crippen molar-refractivity contribution in [1.82, 2.24) is 14.8 Å². The Kier molecular flexibility index (Phi) is 5.66. The number of rotatable bonds is 5. The van der Waals surface area contributed by atoms with E-state index in [1.165, 1.54) is 11.8 Å². The minimum Gasteiger partial charge on any atom is -0.480 e. The fraction of sp³-hybridized carbons (Fsp3) is 0.368. The van der Waals surface area contributed by atoms with Gasteiger partial charge in [0.05, 0.1) is 18.2 Å². The van der Waals surface area contributed by atoms with Crippen molar-refractivity contribution in [2.45, 2.75) is 13.0 Å². The Labute approximate surface area is 156 Å². The summed E-state index contributed by atoms with van der Waals surface area (Å²) in [6, 6.07) is 11.1. The molecule has 142 valence electrons. The van der Waals surface area contributed by atoms with Crippen LogP contribution in [0.4, 0.5) is 0 Å². The van der Waals surface area contributed by atoms with E-state index in [0.29, 0.717) is 18.8 Å². The van der Waals surface area contributed by atoms with Gasteiger partial charge in [-0.2, -0.15) is 0 Å². The van der Waals surface area contributed by atoms with E-state index in [1.54, 1.807) is 11.0 Å². The van der Waals surface area contributed by atoms with Gasteiger partial charge in [-0.25, -0.2) is 4.98 Å². The zero-order valence-corrected chi connectivity index (χ0v) is 15.0. The summed E-state index contributed by atoms with van der Waals surface area (Å²) in [5, 5.41) is 9.89. The molecule has 8 nitrogen and oxygen atoms in total. The summed E-state index contributed by atoms with van der Waals surface area (Å²) in [5.74, 6) is -1.64. The molecule has 8 heteroatoms. The Morgan fingerprint density at radius 1 is 1.26 bits per heavy atom. The molecule has 1 saturated heterocycles. The lowest BCUT2D eigenvalue weighted by atomic mass is 10.2. The average molecular weight is 371 g/mol. The molecular weight excluding hydrogens is 350 g/mol. The van der Waals surface area contributed by atoms with E-state index in [9.17, 15) is 14.4 Å². The Hall–Kier alpha value is -3.00. The van der Waals surface area contributed by atoms with Crippen molar-refractivity contribution in [3.05, 3.63) is 42.1 Å². The number of hydrogen-bond acceptors (Lipinski definition) is 5. The molecule has 0 saturated carbocycles. The van der Waals surface area contributed by atoms with Crippen molar-refractivity contribution in [3.8, 4) is 0 Å². The van der Waals surface area contributed by atoms with Gasteiger partial charge in [0.1, 0.15) is 12.2 Å². The molecule has 1 atom stereocenters. The Bertz CT molecular complexity index is 869. The van der Waals surface area contributed by atoms with Crippen LogP contribution >= 0.6 is 0 Å². The van der Waals surface area contributed by atoms with E-state index in [0.717, 1.165) is 10.9 Å². The standard InChI is InChI=1S/C19H21N3O5/c1-13(23)22(12-18(24)25)11-15-10-21(8-9-27-15)19(26)17-7-6-14-4-2-3-5-16(14)20-17/h2-7,15H,8-12H2,1H3,(H,24,25). The quantitative estimate of drug-likeness (QED) is 0.842. The van der Waals surface area contributed by atoms with E-state index in [2.05, 4.69) is 4.98 Å². The molecule has 2 heterocycles. The third-order valence-electron chi connectivity index (χ3n) is 4.44. The van der Waals surface area contributed by atoms with Gasteiger partial charge in [0.15, 0.2) is 0 Å². The van der Waals surface area contributed by atoms with E-state index < -0.39 is 18.6 Å². The van der Waals surface area contributed by atoms with Crippen LogP contribution in [0.3, 0.4) is 0 Å². The van der Waals surface area contributed by atoms with Crippen molar-refractivity contribution < 1.29 is 24.2 Å². The number of aromatic nitrogens is 1. The number of amides is 2. The largest absolute Gasteiger partial charge is 0.480 e. The Balaban J connectivity index is 1.69. The minimum absolute atomic E-state index is 0.122. The fourth-order valence-corrected chi connectivity index (χ4v) is 3.07. The zero-order valence-electron chi connectivity index (χ0n) is 15.0. The first-order valence-corrected chi connectivity index (χ1v) is 8.68. The number of carbonyl (C=O) groups is 3. The van der Waals surface area contributed by atoms with Gasteiger partial charge in [0.25, 0.3) is 5.91 Å². The first-order chi connectivity index (χ1) is 12.9. The molecule has 0 aliphatic carbocycles. The second-order valence-electron chi connectivity index (χ2n) is 6.43. The highest BCUT2D eigenvalue weighted by atomic mass is 16.5. The monoisotopic (exact) mass is 371 g/mol. The SMILES string of the molecule is CC(=O)N(CC(=O)O)CC1CN(C(=O)c2ccc3ccccc3n2)CCO1. The second-order valence-corrected chi connectivity index (χ2v) is 6.43. The van der Waals surface area contributed by atoms with Crippen LogP contribution in [0.5, 0.6) is 0 Å². The maximum absolute atomic E-state index is 12.8. The number of carboxylic acids is 1. The van der Waals surface area contributed by atoms with Crippen LogP contribution in [0.25, 0.3) is 10.9 Å². The molecule has 1 N–H and O–H groups in total. The number of morpholine rings is 1. The van der Waals surface area contributed by atoms with E-state index in [-0.39, 0.29) is 24.9 Å². The highest BCUT2D eigenvalue weighted by molar-refractivity contribution is 5.95. The number of pyridine rings is 1. The lowest BCUT2D eigenvalue weighted by Gasteiger charge is -2.35. The van der Waals surface area contributed by atoms with Gasteiger partial charge in [-0.1, -0.05) is 24.3 Å². The topological polar surface area (TPSA) is 100 Å². The maximum atomic E-state index is 12.8. The Morgan fingerprint density at radius 3 is 2.78 bits per heavy atom. The molecule has 1 aliphatic rings. The second kappa shape index (κ2) is 8.13. The van der Waals surface area contributed by atoms with Crippen molar-refractivity contribution in [3.63, 3.8) is 0 Å². The number of benzene rings is 1. The molecule has 2 aromatic rings. The van der Waals surface area contributed by atoms with Crippen LogP contribution in [-0.2, 0) is 14.3 Å². The summed E-state index contributed by atoms with van der Waals surface area (Å²) >= 11 is 0. The summed E-state index contributed by atoms with van der Waals surface area (Å²) < 4.78 is 5.63. The molecule has 0 spiro atoms. The average Bonchev–Trinajstić information content (AvgIpc) is 2.66. The minimum atomic E-state index is -1.09. The van der Waals surface area contributed by atoms with Crippen LogP contribution in [0.15, 0.2) is 36.4 Å². The van der Waals surface area contributed by atoms with Gasteiger partial charge in [-0.05, 0) is 12.1 Å². The molecule has 1 aliphatic heterocycles. The van der Waals surface area contributed by atoms with Crippen molar-refractivity contribution >= 4 is 28.7 Å². The molecule has 1 unspecified atom stereocenters. The van der Waals surface area contributed by atoms with Crippen molar-refractivity contribution in [2.75, 3.05) is 32.8 Å². The smallest absolute Gasteiger partial charge is 0.323 e. The summed E-state index contributed by atoms with van der Waals surface area (Å²) in [7, 11) is 0. The van der Waals surface area contributed by atoms with Crippen molar-refractivity contribution in [1.29, 1.82) is 0 Å². The number of para-hydroxylation sites is 1. The molecule has 27 heavy (non-hydrogen) atoms.